The van der Waals surface area contributed by atoms with E-state index in [-0.39, 0.29) is 25.5 Å². The van der Waals surface area contributed by atoms with Gasteiger partial charge in [0.15, 0.2) is 17.3 Å². The number of fused-ring (bicyclic) bond motifs is 2. The molecule has 0 radical (unpaired) electrons. The summed E-state index contributed by atoms with van der Waals surface area (Å²) in [5.74, 6) is 1.44. The fraction of sp³-hybridized carbons (Fsp3) is 0.346. The summed E-state index contributed by atoms with van der Waals surface area (Å²) in [6, 6.07) is 11.8. The lowest BCUT2D eigenvalue weighted by Gasteiger charge is -2.22. The molecule has 0 saturated carbocycles. The second-order valence-corrected chi connectivity index (χ2v) is 9.06. The lowest BCUT2D eigenvalue weighted by Crippen LogP contribution is -2.28. The van der Waals surface area contributed by atoms with E-state index in [0.29, 0.717) is 42.5 Å². The molecule has 11 heteroatoms. The number of nitrogens with one attached hydrogen (secondary N) is 1. The Morgan fingerprint density at radius 1 is 1.11 bits per heavy atom. The normalized spacial score (nSPS) is 12.4. The molecule has 0 saturated heterocycles. The monoisotopic (exact) mass is 504 g/mol. The molecular weight excluding hydrogens is 476 g/mol. The molecule has 2 aromatic heterocycles. The molecule has 1 N–H and O–H groups in total. The number of hydrogen-bond donors (Lipinski definition) is 1. The van der Waals surface area contributed by atoms with E-state index in [4.69, 9.17) is 14.2 Å². The molecule has 3 heterocycles. The number of carbonyl (C=O) groups is 1. The first-order valence-electron chi connectivity index (χ1n) is 12.0. The molecule has 0 amide bonds. The first-order valence-corrected chi connectivity index (χ1v) is 12.0. The van der Waals surface area contributed by atoms with Crippen molar-refractivity contribution in [3.05, 3.63) is 74.8 Å². The van der Waals surface area contributed by atoms with Crippen LogP contribution in [0.2, 0.25) is 0 Å². The van der Waals surface area contributed by atoms with Crippen LogP contribution in [0.1, 0.15) is 35.0 Å². The second kappa shape index (κ2) is 10.4. The van der Waals surface area contributed by atoms with Crippen molar-refractivity contribution >= 4 is 16.9 Å². The van der Waals surface area contributed by atoms with Crippen LogP contribution in [0.5, 0.6) is 11.5 Å². The summed E-state index contributed by atoms with van der Waals surface area (Å²) in [6.45, 7) is 7.26. The summed E-state index contributed by atoms with van der Waals surface area (Å²) in [6.07, 6.45) is 0. The van der Waals surface area contributed by atoms with Gasteiger partial charge in [-0.1, -0.05) is 12.1 Å². The minimum Gasteiger partial charge on any atom is -0.465 e. The number of esters is 1. The Labute approximate surface area is 212 Å². The van der Waals surface area contributed by atoms with Crippen molar-refractivity contribution < 1.29 is 19.0 Å². The second-order valence-electron chi connectivity index (χ2n) is 9.06. The SMILES string of the molecule is CCOC(=O)Cn1nnnc1CN(Cc1ccc2c(c1)OCO2)Cc1cc2c(C)cc(C)cc2[nH]c1=O. The van der Waals surface area contributed by atoms with E-state index in [1.807, 2.05) is 49.1 Å². The fourth-order valence-corrected chi connectivity index (χ4v) is 4.53. The largest absolute Gasteiger partial charge is 0.465 e. The van der Waals surface area contributed by atoms with Gasteiger partial charge in [0.1, 0.15) is 6.54 Å². The van der Waals surface area contributed by atoms with E-state index >= 15 is 0 Å². The zero-order chi connectivity index (χ0) is 25.9. The molecule has 0 spiro atoms. The molecule has 0 unspecified atom stereocenters. The maximum absolute atomic E-state index is 13.1. The Kier molecular flexibility index (Phi) is 6.87. The number of benzene rings is 2. The molecule has 1 aliphatic heterocycles. The highest BCUT2D eigenvalue weighted by atomic mass is 16.7. The molecule has 0 atom stereocenters. The minimum atomic E-state index is -0.421. The van der Waals surface area contributed by atoms with Crippen molar-refractivity contribution in [1.29, 1.82) is 0 Å². The molecule has 192 valence electrons. The van der Waals surface area contributed by atoms with Gasteiger partial charge in [-0.15, -0.1) is 5.10 Å². The van der Waals surface area contributed by atoms with Gasteiger partial charge in [0.2, 0.25) is 6.79 Å². The molecule has 2 aromatic carbocycles. The summed E-state index contributed by atoms with van der Waals surface area (Å²) < 4.78 is 17.4. The van der Waals surface area contributed by atoms with Crippen LogP contribution in [0.25, 0.3) is 10.9 Å². The van der Waals surface area contributed by atoms with E-state index in [0.717, 1.165) is 27.6 Å². The van der Waals surface area contributed by atoms with Crippen LogP contribution in [-0.2, 0) is 35.7 Å². The van der Waals surface area contributed by atoms with Crippen LogP contribution in [-0.4, -0.2) is 49.5 Å². The molecule has 0 bridgehead atoms. The van der Waals surface area contributed by atoms with Gasteiger partial charge < -0.3 is 19.2 Å². The number of tetrazole rings is 1. The first-order chi connectivity index (χ1) is 17.9. The summed E-state index contributed by atoms with van der Waals surface area (Å²) in [7, 11) is 0. The fourth-order valence-electron chi connectivity index (χ4n) is 4.53. The van der Waals surface area contributed by atoms with Crippen LogP contribution in [0.4, 0.5) is 0 Å². The Bertz CT molecular complexity index is 1510. The van der Waals surface area contributed by atoms with Gasteiger partial charge in [0.05, 0.1) is 13.2 Å². The third-order valence-electron chi connectivity index (χ3n) is 6.18. The van der Waals surface area contributed by atoms with E-state index in [2.05, 4.69) is 26.6 Å². The summed E-state index contributed by atoms with van der Waals surface area (Å²) >= 11 is 0. The van der Waals surface area contributed by atoms with Gasteiger partial charge in [0, 0.05) is 29.6 Å². The number of carbonyl (C=O) groups excluding carboxylic acids is 1. The summed E-state index contributed by atoms with van der Waals surface area (Å²) in [5.41, 5.74) is 4.42. The molecule has 1 aliphatic rings. The maximum Gasteiger partial charge on any atom is 0.327 e. The number of aromatic nitrogens is 5. The van der Waals surface area contributed by atoms with Gasteiger partial charge >= 0.3 is 5.97 Å². The molecule has 4 aromatic rings. The number of hydrogen-bond acceptors (Lipinski definition) is 9. The molecular formula is C26H28N6O5. The van der Waals surface area contributed by atoms with Crippen molar-refractivity contribution in [3.8, 4) is 11.5 Å². The Morgan fingerprint density at radius 3 is 2.78 bits per heavy atom. The Balaban J connectivity index is 1.46. The number of H-pyrrole nitrogens is 1. The van der Waals surface area contributed by atoms with Crippen LogP contribution >= 0.6 is 0 Å². The quantitative estimate of drug-likeness (QED) is 0.343. The molecule has 0 fully saturated rings. The number of rotatable bonds is 9. The van der Waals surface area contributed by atoms with Gasteiger partial charge in [-0.3, -0.25) is 14.5 Å². The number of aryl methyl sites for hydroxylation is 2. The lowest BCUT2D eigenvalue weighted by atomic mass is 10.0. The lowest BCUT2D eigenvalue weighted by molar-refractivity contribution is -0.144. The highest BCUT2D eigenvalue weighted by Crippen LogP contribution is 2.33. The first kappa shape index (κ1) is 24.4. The van der Waals surface area contributed by atoms with Gasteiger partial charge in [-0.05, 0) is 72.2 Å². The highest BCUT2D eigenvalue weighted by Gasteiger charge is 2.19. The summed E-state index contributed by atoms with van der Waals surface area (Å²) in [4.78, 5) is 30.2. The number of ether oxygens (including phenoxy) is 3. The number of pyridine rings is 1. The van der Waals surface area contributed by atoms with E-state index in [1.54, 1.807) is 6.92 Å². The van der Waals surface area contributed by atoms with Gasteiger partial charge in [-0.25, -0.2) is 4.68 Å². The predicted molar refractivity (Wildman–Crippen MR) is 134 cm³/mol. The van der Waals surface area contributed by atoms with Crippen molar-refractivity contribution in [2.24, 2.45) is 0 Å². The van der Waals surface area contributed by atoms with Crippen molar-refractivity contribution in [2.75, 3.05) is 13.4 Å². The Morgan fingerprint density at radius 2 is 1.95 bits per heavy atom. The molecule has 11 nitrogen and oxygen atoms in total. The molecule has 0 aliphatic carbocycles. The molecule has 5 rings (SSSR count). The van der Waals surface area contributed by atoms with Crippen LogP contribution in [0.3, 0.4) is 0 Å². The number of nitrogens with zero attached hydrogens (tertiary/aromatic N) is 5. The third-order valence-corrected chi connectivity index (χ3v) is 6.18. The van der Waals surface area contributed by atoms with E-state index < -0.39 is 5.97 Å². The summed E-state index contributed by atoms with van der Waals surface area (Å²) in [5, 5.41) is 12.8. The average molecular weight is 505 g/mol. The average Bonchev–Trinajstić information content (AvgIpc) is 3.49. The molecule has 37 heavy (non-hydrogen) atoms. The van der Waals surface area contributed by atoms with Gasteiger partial charge in [-0.2, -0.15) is 0 Å². The standard InChI is InChI=1S/C26H28N6O5/c1-4-35-25(33)14-32-24(28-29-30-32)13-31(11-18-5-6-22-23(9-18)37-15-36-22)12-19-10-20-17(3)7-16(2)8-21(20)27-26(19)34/h5-10H,4,11-15H2,1-3H3,(H,27,34). The van der Waals surface area contributed by atoms with Crippen LogP contribution < -0.4 is 15.0 Å². The minimum absolute atomic E-state index is 0.0941. The number of aromatic amines is 1. The zero-order valence-electron chi connectivity index (χ0n) is 21.0. The van der Waals surface area contributed by atoms with E-state index in [1.165, 1.54) is 4.68 Å². The van der Waals surface area contributed by atoms with Crippen LogP contribution in [0, 0.1) is 13.8 Å². The topological polar surface area (TPSA) is 124 Å². The van der Waals surface area contributed by atoms with Crippen LogP contribution in [0.15, 0.2) is 41.2 Å². The predicted octanol–water partition coefficient (Wildman–Crippen LogP) is 2.63. The Hall–Kier alpha value is -4.25. The van der Waals surface area contributed by atoms with Gasteiger partial charge in [0.25, 0.3) is 5.56 Å². The zero-order valence-corrected chi connectivity index (χ0v) is 21.0. The highest BCUT2D eigenvalue weighted by molar-refractivity contribution is 5.83. The van der Waals surface area contributed by atoms with Crippen molar-refractivity contribution in [1.82, 2.24) is 30.1 Å². The van der Waals surface area contributed by atoms with E-state index in [9.17, 15) is 9.59 Å². The van der Waals surface area contributed by atoms with Crippen molar-refractivity contribution in [2.45, 2.75) is 47.0 Å². The third kappa shape index (κ3) is 5.46. The smallest absolute Gasteiger partial charge is 0.327 e. The maximum atomic E-state index is 13.1. The van der Waals surface area contributed by atoms with Crippen molar-refractivity contribution in [3.63, 3.8) is 0 Å².